The fraction of sp³-hybridized carbons (Fsp3) is 0.143. The van der Waals surface area contributed by atoms with E-state index in [9.17, 15) is 4.39 Å². The minimum absolute atomic E-state index is 0.242. The summed E-state index contributed by atoms with van der Waals surface area (Å²) in [5.41, 5.74) is 1.00. The van der Waals surface area contributed by atoms with E-state index in [1.54, 1.807) is 6.07 Å². The molecule has 0 nitrogen and oxygen atoms in total. The minimum Gasteiger partial charge on any atom is -0.207 e. The van der Waals surface area contributed by atoms with Gasteiger partial charge in [-0.25, -0.2) is 4.39 Å². The Morgan fingerprint density at radius 1 is 1.50 bits per heavy atom. The second-order valence-corrected chi connectivity index (χ2v) is 3.04. The standard InChI is InChI=1S/C7H6ClFS/c1-5-2-3-6(9)4-7(5)10-8/h2-4H,1H3. The number of hydrogen-bond donors (Lipinski definition) is 0. The summed E-state index contributed by atoms with van der Waals surface area (Å²) in [6.07, 6.45) is 0. The zero-order chi connectivity index (χ0) is 7.56. The van der Waals surface area contributed by atoms with E-state index in [0.717, 1.165) is 21.4 Å². The van der Waals surface area contributed by atoms with Crippen LogP contribution in [-0.4, -0.2) is 0 Å². The van der Waals surface area contributed by atoms with Gasteiger partial charge in [0.25, 0.3) is 0 Å². The SMILES string of the molecule is Cc1ccc(F)cc1SCl. The molecule has 1 rings (SSSR count). The van der Waals surface area contributed by atoms with Crippen molar-refractivity contribution in [2.45, 2.75) is 11.8 Å². The van der Waals surface area contributed by atoms with Crippen molar-refractivity contribution in [1.82, 2.24) is 0 Å². The summed E-state index contributed by atoms with van der Waals surface area (Å²) in [4.78, 5) is 0.779. The first kappa shape index (κ1) is 7.89. The fourth-order valence-corrected chi connectivity index (χ4v) is 1.50. The molecule has 0 atom stereocenters. The molecule has 0 heterocycles. The molecule has 54 valence electrons. The van der Waals surface area contributed by atoms with Crippen LogP contribution in [0.3, 0.4) is 0 Å². The third-order valence-electron chi connectivity index (χ3n) is 1.23. The van der Waals surface area contributed by atoms with Gasteiger partial charge in [0.15, 0.2) is 0 Å². The van der Waals surface area contributed by atoms with Gasteiger partial charge in [0.1, 0.15) is 5.82 Å². The molecular formula is C7H6ClFS. The van der Waals surface area contributed by atoms with Crippen molar-refractivity contribution >= 4 is 21.7 Å². The van der Waals surface area contributed by atoms with Gasteiger partial charge in [-0.3, -0.25) is 0 Å². The number of hydrogen-bond acceptors (Lipinski definition) is 1. The third kappa shape index (κ3) is 1.64. The zero-order valence-electron chi connectivity index (χ0n) is 5.40. The van der Waals surface area contributed by atoms with Crippen LogP contribution >= 0.6 is 21.7 Å². The summed E-state index contributed by atoms with van der Waals surface area (Å²) < 4.78 is 12.5. The molecule has 1 aromatic rings. The largest absolute Gasteiger partial charge is 0.207 e. The van der Waals surface area contributed by atoms with Crippen molar-refractivity contribution in [2.24, 2.45) is 0 Å². The Morgan fingerprint density at radius 2 is 2.20 bits per heavy atom. The Bertz CT molecular complexity index is 237. The first-order valence-corrected chi connectivity index (χ1v) is 4.43. The van der Waals surface area contributed by atoms with E-state index >= 15 is 0 Å². The number of benzene rings is 1. The van der Waals surface area contributed by atoms with E-state index in [1.165, 1.54) is 12.1 Å². The lowest BCUT2D eigenvalue weighted by atomic mass is 10.2. The van der Waals surface area contributed by atoms with Crippen LogP contribution in [0.25, 0.3) is 0 Å². The molecule has 0 spiro atoms. The Kier molecular flexibility index (Phi) is 2.57. The number of rotatable bonds is 1. The molecule has 10 heavy (non-hydrogen) atoms. The van der Waals surface area contributed by atoms with Crippen LogP contribution in [0.5, 0.6) is 0 Å². The molecule has 0 N–H and O–H groups in total. The summed E-state index contributed by atoms with van der Waals surface area (Å²) >= 11 is 0. The highest BCUT2D eigenvalue weighted by Crippen LogP contribution is 2.25. The summed E-state index contributed by atoms with van der Waals surface area (Å²) in [6, 6.07) is 4.55. The van der Waals surface area contributed by atoms with Gasteiger partial charge in [0, 0.05) is 4.90 Å². The molecular weight excluding hydrogens is 171 g/mol. The van der Waals surface area contributed by atoms with Crippen LogP contribution in [0.15, 0.2) is 23.1 Å². The third-order valence-corrected chi connectivity index (χ3v) is 2.34. The molecule has 0 amide bonds. The predicted molar refractivity (Wildman–Crippen MR) is 42.8 cm³/mol. The summed E-state index contributed by atoms with van der Waals surface area (Å²) in [7, 11) is 6.50. The molecule has 1 aromatic carbocycles. The van der Waals surface area contributed by atoms with Gasteiger partial charge in [-0.05, 0) is 46.3 Å². The Balaban J connectivity index is 3.09. The lowest BCUT2D eigenvalue weighted by molar-refractivity contribution is 0.623. The van der Waals surface area contributed by atoms with Crippen molar-refractivity contribution in [2.75, 3.05) is 0 Å². The summed E-state index contributed by atoms with van der Waals surface area (Å²) in [6.45, 7) is 1.89. The molecule has 0 aromatic heterocycles. The van der Waals surface area contributed by atoms with Gasteiger partial charge in [-0.15, -0.1) is 0 Å². The van der Waals surface area contributed by atoms with E-state index in [0.29, 0.717) is 0 Å². The van der Waals surface area contributed by atoms with Crippen molar-refractivity contribution in [1.29, 1.82) is 0 Å². The fourth-order valence-electron chi connectivity index (χ4n) is 0.657. The van der Waals surface area contributed by atoms with Crippen molar-refractivity contribution in [3.63, 3.8) is 0 Å². The second-order valence-electron chi connectivity index (χ2n) is 1.99. The Hall–Kier alpha value is -0.210. The molecule has 0 bridgehead atoms. The topological polar surface area (TPSA) is 0 Å². The maximum atomic E-state index is 12.5. The molecule has 0 fully saturated rings. The first-order valence-electron chi connectivity index (χ1n) is 2.79. The second kappa shape index (κ2) is 3.26. The van der Waals surface area contributed by atoms with E-state index < -0.39 is 0 Å². The molecule has 0 aliphatic rings. The normalized spacial score (nSPS) is 9.90. The van der Waals surface area contributed by atoms with Crippen LogP contribution in [0.2, 0.25) is 0 Å². The lowest BCUT2D eigenvalue weighted by Crippen LogP contribution is -1.78. The van der Waals surface area contributed by atoms with Gasteiger partial charge in [0.2, 0.25) is 0 Å². The number of halogens is 2. The lowest BCUT2D eigenvalue weighted by Gasteiger charge is -1.98. The average molecular weight is 177 g/mol. The zero-order valence-corrected chi connectivity index (χ0v) is 6.97. The van der Waals surface area contributed by atoms with Crippen LogP contribution in [0.4, 0.5) is 4.39 Å². The Morgan fingerprint density at radius 3 is 2.70 bits per heavy atom. The highest BCUT2D eigenvalue weighted by molar-refractivity contribution is 8.21. The van der Waals surface area contributed by atoms with Gasteiger partial charge in [0.05, 0.1) is 0 Å². The van der Waals surface area contributed by atoms with Crippen LogP contribution in [0.1, 0.15) is 5.56 Å². The molecule has 0 aliphatic carbocycles. The van der Waals surface area contributed by atoms with Gasteiger partial charge >= 0.3 is 0 Å². The molecule has 0 saturated heterocycles. The smallest absolute Gasteiger partial charge is 0.124 e. The van der Waals surface area contributed by atoms with Gasteiger partial charge in [-0.2, -0.15) is 0 Å². The summed E-state index contributed by atoms with van der Waals surface area (Å²) in [5, 5.41) is 0. The highest BCUT2D eigenvalue weighted by Gasteiger charge is 1.97. The van der Waals surface area contributed by atoms with Gasteiger partial charge < -0.3 is 0 Å². The first-order chi connectivity index (χ1) is 4.74. The van der Waals surface area contributed by atoms with E-state index in [1.807, 2.05) is 6.92 Å². The molecule has 0 aliphatic heterocycles. The monoisotopic (exact) mass is 176 g/mol. The van der Waals surface area contributed by atoms with Crippen molar-refractivity contribution in [3.05, 3.63) is 29.6 Å². The average Bonchev–Trinajstić information content (AvgIpc) is 1.94. The summed E-state index contributed by atoms with van der Waals surface area (Å²) in [5.74, 6) is -0.242. The van der Waals surface area contributed by atoms with E-state index in [2.05, 4.69) is 0 Å². The van der Waals surface area contributed by atoms with Crippen LogP contribution in [-0.2, 0) is 0 Å². The molecule has 3 heteroatoms. The van der Waals surface area contributed by atoms with Gasteiger partial charge in [-0.1, -0.05) is 6.07 Å². The minimum atomic E-state index is -0.242. The number of aryl methyl sites for hydroxylation is 1. The molecule has 0 saturated carbocycles. The molecule has 0 unspecified atom stereocenters. The van der Waals surface area contributed by atoms with Crippen LogP contribution < -0.4 is 0 Å². The maximum absolute atomic E-state index is 12.5. The molecule has 0 radical (unpaired) electrons. The Labute approximate surface area is 67.9 Å². The quantitative estimate of drug-likeness (QED) is 0.632. The predicted octanol–water partition coefficient (Wildman–Crippen LogP) is 3.38. The maximum Gasteiger partial charge on any atom is 0.124 e. The van der Waals surface area contributed by atoms with E-state index in [4.69, 9.17) is 10.7 Å². The van der Waals surface area contributed by atoms with Crippen molar-refractivity contribution < 1.29 is 4.39 Å². The van der Waals surface area contributed by atoms with Crippen LogP contribution in [0, 0.1) is 12.7 Å². The highest BCUT2D eigenvalue weighted by atomic mass is 35.7. The van der Waals surface area contributed by atoms with Crippen molar-refractivity contribution in [3.8, 4) is 0 Å². The van der Waals surface area contributed by atoms with E-state index in [-0.39, 0.29) is 5.82 Å².